The molecular weight excluding hydrogens is 326 g/mol. The van der Waals surface area contributed by atoms with Gasteiger partial charge in [0.1, 0.15) is 11.4 Å². The lowest BCUT2D eigenvalue weighted by Crippen LogP contribution is -1.98. The maximum Gasteiger partial charge on any atom is 0.200 e. The molecule has 24 heavy (non-hydrogen) atoms. The van der Waals surface area contributed by atoms with Gasteiger partial charge in [0, 0.05) is 23.2 Å². The minimum atomic E-state index is -0.0939. The Morgan fingerprint density at radius 1 is 1.21 bits per heavy atom. The molecule has 2 aromatic carbocycles. The van der Waals surface area contributed by atoms with Gasteiger partial charge in [0.05, 0.1) is 11.3 Å². The summed E-state index contributed by atoms with van der Waals surface area (Å²) in [4.78, 5) is 13.8. The summed E-state index contributed by atoms with van der Waals surface area (Å²) in [5.41, 5.74) is 2.39. The van der Waals surface area contributed by atoms with E-state index in [0.717, 1.165) is 16.6 Å². The number of aromatic nitrogens is 4. The van der Waals surface area contributed by atoms with Crippen molar-refractivity contribution in [3.63, 3.8) is 0 Å². The first-order chi connectivity index (χ1) is 11.7. The van der Waals surface area contributed by atoms with Gasteiger partial charge < -0.3 is 10.1 Å². The molecule has 0 radical (unpaired) electrons. The molecular formula is C16H11N5O2S. The van der Waals surface area contributed by atoms with Crippen molar-refractivity contribution in [2.24, 2.45) is 5.18 Å². The van der Waals surface area contributed by atoms with Crippen molar-refractivity contribution in [2.75, 3.05) is 0 Å². The second kappa shape index (κ2) is 5.43. The largest absolute Gasteiger partial charge is 0.507 e. The molecule has 0 fully saturated rings. The Balaban J connectivity index is 2.00. The SMILES string of the molecule is O=Nc1ccc(-c2n[nH]c(=S)n2-c2cccc3[nH]ccc23)c(O)c1. The zero-order valence-electron chi connectivity index (χ0n) is 12.2. The van der Waals surface area contributed by atoms with Crippen LogP contribution in [-0.4, -0.2) is 24.9 Å². The number of nitroso groups, excluding NO2 is 1. The van der Waals surface area contributed by atoms with E-state index in [4.69, 9.17) is 12.2 Å². The van der Waals surface area contributed by atoms with E-state index in [9.17, 15) is 10.0 Å². The highest BCUT2D eigenvalue weighted by Gasteiger charge is 2.16. The van der Waals surface area contributed by atoms with Crippen LogP contribution in [0.1, 0.15) is 0 Å². The second-order valence-electron chi connectivity index (χ2n) is 5.20. The zero-order valence-corrected chi connectivity index (χ0v) is 13.0. The Bertz CT molecular complexity index is 1120. The first-order valence-electron chi connectivity index (χ1n) is 7.09. The first-order valence-corrected chi connectivity index (χ1v) is 7.50. The summed E-state index contributed by atoms with van der Waals surface area (Å²) in [6, 6.07) is 12.1. The molecule has 0 unspecified atom stereocenters. The van der Waals surface area contributed by atoms with Crippen LogP contribution in [0.3, 0.4) is 0 Å². The van der Waals surface area contributed by atoms with Gasteiger partial charge in [0.15, 0.2) is 10.6 Å². The summed E-state index contributed by atoms with van der Waals surface area (Å²) in [7, 11) is 0. The Morgan fingerprint density at radius 2 is 2.08 bits per heavy atom. The van der Waals surface area contributed by atoms with Crippen molar-refractivity contribution < 1.29 is 5.11 Å². The maximum atomic E-state index is 10.6. The maximum absolute atomic E-state index is 10.6. The summed E-state index contributed by atoms with van der Waals surface area (Å²) < 4.78 is 2.14. The number of phenolic OH excluding ortho intramolecular Hbond substituents is 1. The van der Waals surface area contributed by atoms with Gasteiger partial charge in [-0.1, -0.05) is 6.07 Å². The molecule has 7 nitrogen and oxygen atoms in total. The molecule has 0 spiro atoms. The van der Waals surface area contributed by atoms with Crippen LogP contribution in [0.2, 0.25) is 0 Å². The minimum Gasteiger partial charge on any atom is -0.507 e. The van der Waals surface area contributed by atoms with Gasteiger partial charge in [0.2, 0.25) is 0 Å². The lowest BCUT2D eigenvalue weighted by Gasteiger charge is -2.09. The number of fused-ring (bicyclic) bond motifs is 1. The van der Waals surface area contributed by atoms with Gasteiger partial charge in [0.25, 0.3) is 0 Å². The summed E-state index contributed by atoms with van der Waals surface area (Å²) in [6.45, 7) is 0. The summed E-state index contributed by atoms with van der Waals surface area (Å²) in [5.74, 6) is 0.354. The van der Waals surface area contributed by atoms with Crippen molar-refractivity contribution in [3.8, 4) is 22.8 Å². The molecule has 0 saturated carbocycles. The van der Waals surface area contributed by atoms with Crippen LogP contribution in [0, 0.1) is 9.68 Å². The lowest BCUT2D eigenvalue weighted by molar-refractivity contribution is 0.477. The number of nitrogens with one attached hydrogen (secondary N) is 2. The van der Waals surface area contributed by atoms with E-state index in [0.29, 0.717) is 16.2 Å². The lowest BCUT2D eigenvalue weighted by atomic mass is 10.1. The van der Waals surface area contributed by atoms with Gasteiger partial charge >= 0.3 is 0 Å². The predicted molar refractivity (Wildman–Crippen MR) is 93.2 cm³/mol. The number of aromatic amines is 2. The van der Waals surface area contributed by atoms with Crippen LogP contribution in [0.15, 0.2) is 53.8 Å². The topological polar surface area (TPSA) is 99.1 Å². The van der Waals surface area contributed by atoms with Crippen LogP contribution in [-0.2, 0) is 0 Å². The first kappa shape index (κ1) is 14.3. The second-order valence-corrected chi connectivity index (χ2v) is 5.58. The molecule has 4 aromatic rings. The fourth-order valence-electron chi connectivity index (χ4n) is 2.73. The molecule has 0 aliphatic carbocycles. The van der Waals surface area contributed by atoms with E-state index in [1.165, 1.54) is 12.1 Å². The molecule has 0 aliphatic heterocycles. The molecule has 2 aromatic heterocycles. The van der Waals surface area contributed by atoms with Gasteiger partial charge in [-0.05, 0) is 47.7 Å². The van der Waals surface area contributed by atoms with E-state index in [1.807, 2.05) is 30.5 Å². The molecule has 4 rings (SSSR count). The number of rotatable bonds is 3. The van der Waals surface area contributed by atoms with Crippen LogP contribution in [0.4, 0.5) is 5.69 Å². The Labute approximate surface area is 140 Å². The highest BCUT2D eigenvalue weighted by Crippen LogP contribution is 2.34. The Hall–Kier alpha value is -3.26. The molecule has 2 heterocycles. The summed E-state index contributed by atoms with van der Waals surface area (Å²) >= 11 is 5.37. The number of nitrogens with zero attached hydrogens (tertiary/aromatic N) is 3. The summed E-state index contributed by atoms with van der Waals surface area (Å²) in [5, 5.41) is 21.0. The third-order valence-corrected chi connectivity index (χ3v) is 4.09. The van der Waals surface area contributed by atoms with E-state index >= 15 is 0 Å². The molecule has 8 heteroatoms. The summed E-state index contributed by atoms with van der Waals surface area (Å²) in [6.07, 6.45) is 1.85. The highest BCUT2D eigenvalue weighted by molar-refractivity contribution is 7.71. The van der Waals surface area contributed by atoms with Gasteiger partial charge in [-0.25, -0.2) is 0 Å². The number of aromatic hydroxyl groups is 1. The van der Waals surface area contributed by atoms with Gasteiger partial charge in [-0.3, -0.25) is 9.67 Å². The molecule has 0 amide bonds. The van der Waals surface area contributed by atoms with E-state index < -0.39 is 0 Å². The van der Waals surface area contributed by atoms with Crippen molar-refractivity contribution in [1.29, 1.82) is 0 Å². The molecule has 0 saturated heterocycles. The minimum absolute atomic E-state index is 0.0939. The highest BCUT2D eigenvalue weighted by atomic mass is 32.1. The fraction of sp³-hybridized carbons (Fsp3) is 0. The van der Waals surface area contributed by atoms with Crippen molar-refractivity contribution in [1.82, 2.24) is 19.7 Å². The third kappa shape index (κ3) is 2.12. The fourth-order valence-corrected chi connectivity index (χ4v) is 2.96. The van der Waals surface area contributed by atoms with Crippen molar-refractivity contribution in [2.45, 2.75) is 0 Å². The monoisotopic (exact) mass is 337 g/mol. The quantitative estimate of drug-likeness (QED) is 0.386. The van der Waals surface area contributed by atoms with E-state index in [1.54, 1.807) is 10.6 Å². The average Bonchev–Trinajstić information content (AvgIpc) is 3.21. The number of hydrogen-bond donors (Lipinski definition) is 3. The van der Waals surface area contributed by atoms with E-state index in [2.05, 4.69) is 20.4 Å². The average molecular weight is 337 g/mol. The molecule has 118 valence electrons. The standard InChI is InChI=1S/C16H11N5O2S/c22-14-8-9(20-23)4-5-11(14)15-18-19-16(24)21(15)13-3-1-2-12-10(13)6-7-17-12/h1-8,17,22H,(H,19,24). The van der Waals surface area contributed by atoms with Gasteiger partial charge in [-0.15, -0.1) is 4.91 Å². The number of phenols is 1. The predicted octanol–water partition coefficient (Wildman–Crippen LogP) is 4.18. The number of benzene rings is 2. The van der Waals surface area contributed by atoms with Crippen molar-refractivity contribution in [3.05, 3.63) is 58.3 Å². The van der Waals surface area contributed by atoms with Crippen LogP contribution >= 0.6 is 12.2 Å². The number of hydrogen-bond acceptors (Lipinski definition) is 5. The smallest absolute Gasteiger partial charge is 0.200 e. The van der Waals surface area contributed by atoms with Crippen LogP contribution in [0.25, 0.3) is 28.0 Å². The molecule has 0 bridgehead atoms. The molecule has 3 N–H and O–H groups in total. The molecule has 0 atom stereocenters. The zero-order chi connectivity index (χ0) is 16.7. The van der Waals surface area contributed by atoms with E-state index in [-0.39, 0.29) is 11.4 Å². The number of H-pyrrole nitrogens is 2. The van der Waals surface area contributed by atoms with Gasteiger partial charge in [-0.2, -0.15) is 5.10 Å². The van der Waals surface area contributed by atoms with Crippen LogP contribution in [0.5, 0.6) is 5.75 Å². The normalized spacial score (nSPS) is 11.0. The Kier molecular flexibility index (Phi) is 3.24. The molecule has 0 aliphatic rings. The third-order valence-electron chi connectivity index (χ3n) is 3.81. The van der Waals surface area contributed by atoms with Crippen LogP contribution < -0.4 is 0 Å². The Morgan fingerprint density at radius 3 is 2.88 bits per heavy atom. The van der Waals surface area contributed by atoms with Crippen molar-refractivity contribution >= 4 is 28.8 Å².